The zero-order valence-corrected chi connectivity index (χ0v) is 12.1. The van der Waals surface area contributed by atoms with E-state index in [4.69, 9.17) is 10.5 Å². The minimum Gasteiger partial charge on any atom is -0.493 e. The molecule has 3 nitrogen and oxygen atoms in total. The molecule has 2 heterocycles. The van der Waals surface area contributed by atoms with Crippen LogP contribution in [0.1, 0.15) is 29.2 Å². The SMILES string of the molecule is Nc1cccc2c1CCN(C1CCOc3ccccc31)C2. The number of anilines is 1. The van der Waals surface area contributed by atoms with Crippen LogP contribution in [0.2, 0.25) is 0 Å². The Bertz CT molecular complexity index is 668. The quantitative estimate of drug-likeness (QED) is 0.816. The largest absolute Gasteiger partial charge is 0.493 e. The third-order valence-corrected chi connectivity index (χ3v) is 4.70. The molecule has 0 bridgehead atoms. The van der Waals surface area contributed by atoms with E-state index in [9.17, 15) is 0 Å². The Morgan fingerprint density at radius 3 is 2.95 bits per heavy atom. The second-order valence-electron chi connectivity index (χ2n) is 5.90. The van der Waals surface area contributed by atoms with E-state index in [2.05, 4.69) is 35.2 Å². The molecule has 0 spiro atoms. The van der Waals surface area contributed by atoms with Gasteiger partial charge in [-0.3, -0.25) is 4.90 Å². The topological polar surface area (TPSA) is 38.5 Å². The first kappa shape index (κ1) is 12.7. The van der Waals surface area contributed by atoms with Gasteiger partial charge in [0.05, 0.1) is 6.61 Å². The van der Waals surface area contributed by atoms with Crippen LogP contribution in [0.15, 0.2) is 42.5 Å². The summed E-state index contributed by atoms with van der Waals surface area (Å²) >= 11 is 0. The van der Waals surface area contributed by atoms with Crippen molar-refractivity contribution in [1.82, 2.24) is 4.90 Å². The fraction of sp³-hybridized carbons (Fsp3) is 0.333. The van der Waals surface area contributed by atoms with Crippen LogP contribution in [0, 0.1) is 0 Å². The highest BCUT2D eigenvalue weighted by atomic mass is 16.5. The lowest BCUT2D eigenvalue weighted by Gasteiger charge is -2.38. The molecule has 0 fully saturated rings. The summed E-state index contributed by atoms with van der Waals surface area (Å²) in [5.41, 5.74) is 11.1. The van der Waals surface area contributed by atoms with Gasteiger partial charge in [-0.05, 0) is 29.7 Å². The molecule has 0 amide bonds. The van der Waals surface area contributed by atoms with Crippen molar-refractivity contribution in [2.24, 2.45) is 0 Å². The van der Waals surface area contributed by atoms with Crippen molar-refractivity contribution in [1.29, 1.82) is 0 Å². The van der Waals surface area contributed by atoms with Crippen molar-refractivity contribution < 1.29 is 4.74 Å². The van der Waals surface area contributed by atoms with Crippen LogP contribution in [0.4, 0.5) is 5.69 Å². The van der Waals surface area contributed by atoms with Crippen LogP contribution in [0.3, 0.4) is 0 Å². The smallest absolute Gasteiger partial charge is 0.124 e. The Morgan fingerprint density at radius 1 is 1.10 bits per heavy atom. The van der Waals surface area contributed by atoms with Gasteiger partial charge in [-0.1, -0.05) is 30.3 Å². The molecule has 0 aromatic heterocycles. The number of hydrogen-bond acceptors (Lipinski definition) is 3. The Labute approximate surface area is 125 Å². The number of benzene rings is 2. The third kappa shape index (κ3) is 2.18. The van der Waals surface area contributed by atoms with Crippen molar-refractivity contribution in [3.8, 4) is 5.75 Å². The molecule has 1 atom stereocenters. The molecule has 2 N–H and O–H groups in total. The van der Waals surface area contributed by atoms with E-state index in [-0.39, 0.29) is 0 Å². The lowest BCUT2D eigenvalue weighted by atomic mass is 9.93. The molecular formula is C18H20N2O. The Kier molecular flexibility index (Phi) is 3.08. The number of ether oxygens (including phenoxy) is 1. The van der Waals surface area contributed by atoms with Gasteiger partial charge in [-0.2, -0.15) is 0 Å². The minimum absolute atomic E-state index is 0.463. The van der Waals surface area contributed by atoms with Crippen LogP contribution in [0.25, 0.3) is 0 Å². The van der Waals surface area contributed by atoms with E-state index in [0.717, 1.165) is 44.0 Å². The maximum absolute atomic E-state index is 6.10. The fourth-order valence-electron chi connectivity index (χ4n) is 3.63. The van der Waals surface area contributed by atoms with E-state index in [0.29, 0.717) is 6.04 Å². The monoisotopic (exact) mass is 280 g/mol. The zero-order chi connectivity index (χ0) is 14.2. The van der Waals surface area contributed by atoms with Gasteiger partial charge in [0, 0.05) is 36.8 Å². The maximum Gasteiger partial charge on any atom is 0.124 e. The van der Waals surface area contributed by atoms with E-state index < -0.39 is 0 Å². The molecule has 0 aliphatic carbocycles. The average molecular weight is 280 g/mol. The summed E-state index contributed by atoms with van der Waals surface area (Å²) in [4.78, 5) is 2.57. The summed E-state index contributed by atoms with van der Waals surface area (Å²) < 4.78 is 5.79. The third-order valence-electron chi connectivity index (χ3n) is 4.70. The van der Waals surface area contributed by atoms with Gasteiger partial charge in [0.1, 0.15) is 5.75 Å². The van der Waals surface area contributed by atoms with Crippen LogP contribution in [-0.2, 0) is 13.0 Å². The van der Waals surface area contributed by atoms with E-state index in [1.165, 1.54) is 16.7 Å². The normalized spacial score (nSPS) is 21.2. The number of nitrogens with two attached hydrogens (primary N) is 1. The van der Waals surface area contributed by atoms with Gasteiger partial charge in [0.15, 0.2) is 0 Å². The Morgan fingerprint density at radius 2 is 2.00 bits per heavy atom. The zero-order valence-electron chi connectivity index (χ0n) is 12.1. The Balaban J connectivity index is 1.65. The van der Waals surface area contributed by atoms with Crippen LogP contribution in [0.5, 0.6) is 5.75 Å². The number of hydrogen-bond donors (Lipinski definition) is 1. The predicted octanol–water partition coefficient (Wildman–Crippen LogP) is 3.15. The van der Waals surface area contributed by atoms with Crippen molar-refractivity contribution in [3.05, 3.63) is 59.2 Å². The molecule has 108 valence electrons. The second kappa shape index (κ2) is 5.08. The Hall–Kier alpha value is -2.00. The fourth-order valence-corrected chi connectivity index (χ4v) is 3.63. The molecular weight excluding hydrogens is 260 g/mol. The molecule has 3 heteroatoms. The number of nitrogen functional groups attached to an aromatic ring is 1. The molecule has 1 unspecified atom stereocenters. The number of fused-ring (bicyclic) bond motifs is 2. The molecule has 0 radical (unpaired) electrons. The summed E-state index contributed by atoms with van der Waals surface area (Å²) in [5, 5.41) is 0. The molecule has 2 aromatic carbocycles. The van der Waals surface area contributed by atoms with E-state index in [1.807, 2.05) is 12.1 Å². The molecule has 0 saturated carbocycles. The van der Waals surface area contributed by atoms with Gasteiger partial charge in [-0.25, -0.2) is 0 Å². The summed E-state index contributed by atoms with van der Waals surface area (Å²) in [5.74, 6) is 1.05. The van der Waals surface area contributed by atoms with Crippen molar-refractivity contribution in [2.45, 2.75) is 25.4 Å². The first-order valence-electron chi connectivity index (χ1n) is 7.65. The van der Waals surface area contributed by atoms with Crippen LogP contribution >= 0.6 is 0 Å². The van der Waals surface area contributed by atoms with Gasteiger partial charge in [0.25, 0.3) is 0 Å². The number of nitrogens with zero attached hydrogens (tertiary/aromatic N) is 1. The van der Waals surface area contributed by atoms with Crippen molar-refractivity contribution in [2.75, 3.05) is 18.9 Å². The summed E-state index contributed by atoms with van der Waals surface area (Å²) in [6, 6.07) is 15.2. The average Bonchev–Trinajstić information content (AvgIpc) is 2.54. The van der Waals surface area contributed by atoms with Gasteiger partial charge in [0.2, 0.25) is 0 Å². The standard InChI is InChI=1S/C18H20N2O/c19-16-6-3-4-13-12-20(10-8-14(13)16)17-9-11-21-18-7-2-1-5-15(17)18/h1-7,17H,8-12,19H2. The maximum atomic E-state index is 6.10. The predicted molar refractivity (Wildman–Crippen MR) is 84.3 cm³/mol. The van der Waals surface area contributed by atoms with Crippen LogP contribution in [-0.4, -0.2) is 18.1 Å². The van der Waals surface area contributed by atoms with Gasteiger partial charge < -0.3 is 10.5 Å². The van der Waals surface area contributed by atoms with Crippen molar-refractivity contribution in [3.63, 3.8) is 0 Å². The molecule has 0 saturated heterocycles. The first-order valence-corrected chi connectivity index (χ1v) is 7.65. The van der Waals surface area contributed by atoms with E-state index >= 15 is 0 Å². The highest BCUT2D eigenvalue weighted by molar-refractivity contribution is 5.52. The lowest BCUT2D eigenvalue weighted by molar-refractivity contribution is 0.128. The van der Waals surface area contributed by atoms with Crippen molar-refractivity contribution >= 4 is 5.69 Å². The number of para-hydroxylation sites is 1. The number of rotatable bonds is 1. The summed E-state index contributed by atoms with van der Waals surface area (Å²) in [6.07, 6.45) is 2.11. The van der Waals surface area contributed by atoms with Gasteiger partial charge >= 0.3 is 0 Å². The van der Waals surface area contributed by atoms with E-state index in [1.54, 1.807) is 0 Å². The summed E-state index contributed by atoms with van der Waals surface area (Å²) in [7, 11) is 0. The highest BCUT2D eigenvalue weighted by Gasteiger charge is 2.29. The first-order chi connectivity index (χ1) is 10.3. The minimum atomic E-state index is 0.463. The second-order valence-corrected chi connectivity index (χ2v) is 5.90. The summed E-state index contributed by atoms with van der Waals surface area (Å²) in [6.45, 7) is 2.86. The molecule has 2 aliphatic rings. The lowest BCUT2D eigenvalue weighted by Crippen LogP contribution is -2.36. The van der Waals surface area contributed by atoms with Gasteiger partial charge in [-0.15, -0.1) is 0 Å². The highest BCUT2D eigenvalue weighted by Crippen LogP contribution is 2.38. The van der Waals surface area contributed by atoms with Crippen LogP contribution < -0.4 is 10.5 Å². The molecule has 4 rings (SSSR count). The molecule has 21 heavy (non-hydrogen) atoms. The molecule has 2 aromatic rings. The molecule has 2 aliphatic heterocycles.